The molecule has 2 rings (SSSR count). The predicted octanol–water partition coefficient (Wildman–Crippen LogP) is 3.16. The molecule has 0 spiro atoms. The number of likely N-dealkylation sites (N-methyl/N-ethyl adjacent to an activating group) is 1. The molecule has 1 heterocycles. The normalized spacial score (nSPS) is 12.3. The third kappa shape index (κ3) is 4.76. The first kappa shape index (κ1) is 15.9. The minimum absolute atomic E-state index is 0.235. The Balaban J connectivity index is 1.94. The summed E-state index contributed by atoms with van der Waals surface area (Å²) in [6.45, 7) is 6.67. The van der Waals surface area contributed by atoms with E-state index in [4.69, 9.17) is 16.3 Å². The van der Waals surface area contributed by atoms with Gasteiger partial charge < -0.3 is 14.6 Å². The number of halogens is 1. The number of hydrogen-bond donors (Lipinski definition) is 1. The molecule has 0 aliphatic rings. The van der Waals surface area contributed by atoms with Gasteiger partial charge >= 0.3 is 0 Å². The second-order valence-corrected chi connectivity index (χ2v) is 5.29. The molecule has 5 heteroatoms. The molecule has 0 amide bonds. The summed E-state index contributed by atoms with van der Waals surface area (Å²) in [7, 11) is 0. The van der Waals surface area contributed by atoms with E-state index >= 15 is 0 Å². The Morgan fingerprint density at radius 3 is 2.71 bits per heavy atom. The molecule has 1 aromatic carbocycles. The van der Waals surface area contributed by atoms with Gasteiger partial charge in [0, 0.05) is 36.4 Å². The van der Waals surface area contributed by atoms with Crippen molar-refractivity contribution in [1.29, 1.82) is 0 Å². The SMILES string of the molecule is CCNC(COc1ccc(Cl)cc1)Cc1nccn1CC. The molecule has 0 fully saturated rings. The Morgan fingerprint density at radius 1 is 1.29 bits per heavy atom. The van der Waals surface area contributed by atoms with E-state index in [1.54, 1.807) is 0 Å². The van der Waals surface area contributed by atoms with Crippen molar-refractivity contribution >= 4 is 11.6 Å². The number of nitrogens with zero attached hydrogens (tertiary/aromatic N) is 2. The Labute approximate surface area is 131 Å². The van der Waals surface area contributed by atoms with Crippen LogP contribution in [0.5, 0.6) is 5.75 Å². The molecule has 0 saturated heterocycles. The largest absolute Gasteiger partial charge is 0.492 e. The highest BCUT2D eigenvalue weighted by atomic mass is 35.5. The third-order valence-corrected chi connectivity index (χ3v) is 3.58. The lowest BCUT2D eigenvalue weighted by Crippen LogP contribution is -2.37. The van der Waals surface area contributed by atoms with Crippen LogP contribution < -0.4 is 10.1 Å². The molecule has 0 bridgehead atoms. The molecule has 0 saturated carbocycles. The molecule has 1 atom stereocenters. The highest BCUT2D eigenvalue weighted by Gasteiger charge is 2.13. The number of rotatable bonds is 8. The van der Waals surface area contributed by atoms with Gasteiger partial charge in [-0.15, -0.1) is 0 Å². The molecule has 0 radical (unpaired) electrons. The fraction of sp³-hybridized carbons (Fsp3) is 0.438. The predicted molar refractivity (Wildman–Crippen MR) is 86.0 cm³/mol. The van der Waals surface area contributed by atoms with Crippen molar-refractivity contribution < 1.29 is 4.74 Å². The second kappa shape index (κ2) is 8.05. The molecular weight excluding hydrogens is 286 g/mol. The topological polar surface area (TPSA) is 39.1 Å². The molecule has 1 unspecified atom stereocenters. The van der Waals surface area contributed by atoms with E-state index in [2.05, 4.69) is 28.7 Å². The van der Waals surface area contributed by atoms with Crippen LogP contribution in [0.15, 0.2) is 36.7 Å². The summed E-state index contributed by atoms with van der Waals surface area (Å²) < 4.78 is 8.00. The van der Waals surface area contributed by atoms with Gasteiger partial charge in [-0.1, -0.05) is 18.5 Å². The maximum atomic E-state index is 5.87. The summed E-state index contributed by atoms with van der Waals surface area (Å²) in [6, 6.07) is 7.68. The standard InChI is InChI=1S/C16H22ClN3O/c1-3-18-14(11-16-19-9-10-20(16)4-2)12-21-15-7-5-13(17)6-8-15/h5-10,14,18H,3-4,11-12H2,1-2H3. The van der Waals surface area contributed by atoms with Gasteiger partial charge in [0.25, 0.3) is 0 Å². The smallest absolute Gasteiger partial charge is 0.119 e. The van der Waals surface area contributed by atoms with Crippen LogP contribution in [0.2, 0.25) is 5.02 Å². The van der Waals surface area contributed by atoms with Crippen LogP contribution in [0.4, 0.5) is 0 Å². The Hall–Kier alpha value is -1.52. The molecule has 1 aromatic heterocycles. The lowest BCUT2D eigenvalue weighted by atomic mass is 10.2. The average Bonchev–Trinajstić information content (AvgIpc) is 2.94. The van der Waals surface area contributed by atoms with E-state index in [1.807, 2.05) is 36.7 Å². The number of imidazole rings is 1. The number of aryl methyl sites for hydroxylation is 1. The quantitative estimate of drug-likeness (QED) is 0.814. The van der Waals surface area contributed by atoms with Gasteiger partial charge in [0.2, 0.25) is 0 Å². The summed E-state index contributed by atoms with van der Waals surface area (Å²) in [6.07, 6.45) is 4.71. The second-order valence-electron chi connectivity index (χ2n) is 4.85. The van der Waals surface area contributed by atoms with Crippen molar-refractivity contribution in [3.63, 3.8) is 0 Å². The van der Waals surface area contributed by atoms with Gasteiger partial charge in [-0.25, -0.2) is 4.98 Å². The van der Waals surface area contributed by atoms with Crippen LogP contribution in [0, 0.1) is 0 Å². The number of hydrogen-bond acceptors (Lipinski definition) is 3. The zero-order valence-corrected chi connectivity index (χ0v) is 13.3. The lowest BCUT2D eigenvalue weighted by Gasteiger charge is -2.19. The minimum Gasteiger partial charge on any atom is -0.492 e. The third-order valence-electron chi connectivity index (χ3n) is 3.33. The number of ether oxygens (including phenoxy) is 1. The van der Waals surface area contributed by atoms with E-state index in [0.717, 1.165) is 36.1 Å². The molecule has 1 N–H and O–H groups in total. The van der Waals surface area contributed by atoms with Crippen LogP contribution in [-0.4, -0.2) is 28.7 Å². The molecular formula is C16H22ClN3O. The number of benzene rings is 1. The number of nitrogens with one attached hydrogen (secondary N) is 1. The Morgan fingerprint density at radius 2 is 2.05 bits per heavy atom. The Kier molecular flexibility index (Phi) is 6.08. The highest BCUT2D eigenvalue weighted by molar-refractivity contribution is 6.30. The lowest BCUT2D eigenvalue weighted by molar-refractivity contribution is 0.262. The zero-order valence-electron chi connectivity index (χ0n) is 12.6. The maximum absolute atomic E-state index is 5.87. The molecule has 0 aliphatic heterocycles. The fourth-order valence-corrected chi connectivity index (χ4v) is 2.37. The van der Waals surface area contributed by atoms with E-state index in [-0.39, 0.29) is 6.04 Å². The fourth-order valence-electron chi connectivity index (χ4n) is 2.24. The van der Waals surface area contributed by atoms with E-state index in [0.29, 0.717) is 6.61 Å². The molecule has 0 aliphatic carbocycles. The first-order valence-electron chi connectivity index (χ1n) is 7.34. The van der Waals surface area contributed by atoms with Gasteiger partial charge in [0.15, 0.2) is 0 Å². The maximum Gasteiger partial charge on any atom is 0.119 e. The summed E-state index contributed by atoms with van der Waals surface area (Å²) in [5.41, 5.74) is 0. The molecule has 4 nitrogen and oxygen atoms in total. The van der Waals surface area contributed by atoms with Gasteiger partial charge in [-0.3, -0.25) is 0 Å². The van der Waals surface area contributed by atoms with E-state index in [1.165, 1.54) is 0 Å². The average molecular weight is 308 g/mol. The summed E-state index contributed by atoms with van der Waals surface area (Å²) in [5.74, 6) is 1.92. The molecule has 21 heavy (non-hydrogen) atoms. The van der Waals surface area contributed by atoms with Crippen molar-refractivity contribution in [3.05, 3.63) is 47.5 Å². The van der Waals surface area contributed by atoms with Crippen molar-refractivity contribution in [2.24, 2.45) is 0 Å². The van der Waals surface area contributed by atoms with Crippen molar-refractivity contribution in [1.82, 2.24) is 14.9 Å². The van der Waals surface area contributed by atoms with Gasteiger partial charge in [0.1, 0.15) is 18.2 Å². The summed E-state index contributed by atoms with van der Waals surface area (Å²) >= 11 is 5.87. The first-order chi connectivity index (χ1) is 10.2. The molecule has 2 aromatic rings. The summed E-state index contributed by atoms with van der Waals surface area (Å²) in [5, 5.41) is 4.17. The highest BCUT2D eigenvalue weighted by Crippen LogP contribution is 2.16. The van der Waals surface area contributed by atoms with Gasteiger partial charge in [0.05, 0.1) is 0 Å². The summed E-state index contributed by atoms with van der Waals surface area (Å²) in [4.78, 5) is 4.43. The zero-order chi connectivity index (χ0) is 15.1. The van der Waals surface area contributed by atoms with Crippen LogP contribution in [-0.2, 0) is 13.0 Å². The minimum atomic E-state index is 0.235. The van der Waals surface area contributed by atoms with Crippen LogP contribution in [0.1, 0.15) is 19.7 Å². The Bertz CT molecular complexity index is 539. The van der Waals surface area contributed by atoms with Gasteiger partial charge in [-0.2, -0.15) is 0 Å². The number of aromatic nitrogens is 2. The van der Waals surface area contributed by atoms with Crippen LogP contribution in [0.25, 0.3) is 0 Å². The van der Waals surface area contributed by atoms with E-state index in [9.17, 15) is 0 Å². The molecule has 114 valence electrons. The van der Waals surface area contributed by atoms with Crippen molar-refractivity contribution in [2.75, 3.05) is 13.2 Å². The van der Waals surface area contributed by atoms with Crippen molar-refractivity contribution in [3.8, 4) is 5.75 Å². The van der Waals surface area contributed by atoms with Crippen LogP contribution in [0.3, 0.4) is 0 Å². The van der Waals surface area contributed by atoms with Gasteiger partial charge in [-0.05, 0) is 37.7 Å². The first-order valence-corrected chi connectivity index (χ1v) is 7.72. The monoisotopic (exact) mass is 307 g/mol. The van der Waals surface area contributed by atoms with Crippen LogP contribution >= 0.6 is 11.6 Å². The van der Waals surface area contributed by atoms with Crippen molar-refractivity contribution in [2.45, 2.75) is 32.9 Å². The van der Waals surface area contributed by atoms with E-state index < -0.39 is 0 Å².